The number of alkyl halides is 3. The van der Waals surface area contributed by atoms with E-state index in [-0.39, 0.29) is 0 Å². The molecule has 0 aliphatic heterocycles. The highest BCUT2D eigenvalue weighted by molar-refractivity contribution is 7.99. The molecule has 0 radical (unpaired) electrons. The summed E-state index contributed by atoms with van der Waals surface area (Å²) >= 11 is 8.76. The smallest absolute Gasteiger partial charge is 0.311 e. The van der Waals surface area contributed by atoms with Gasteiger partial charge in [-0.2, -0.15) is 13.2 Å². The zero-order chi connectivity index (χ0) is 15.3. The van der Waals surface area contributed by atoms with E-state index < -0.39 is 11.7 Å². The topological polar surface area (TPSA) is 24.9 Å². The molecule has 0 aromatic carbocycles. The molecule has 0 saturated heterocycles. The Bertz CT molecular complexity index is 570. The van der Waals surface area contributed by atoms with Gasteiger partial charge in [0.1, 0.15) is 0 Å². The SMILES string of the molecule is FC(F)(F)c1ccc(SCCNCc2ccc(Cl)s2)nc1. The summed E-state index contributed by atoms with van der Waals surface area (Å²) in [6.07, 6.45) is -3.47. The molecule has 2 aromatic rings. The number of nitrogens with zero attached hydrogens (tertiary/aromatic N) is 1. The van der Waals surface area contributed by atoms with Gasteiger partial charge in [0.2, 0.25) is 0 Å². The van der Waals surface area contributed by atoms with Crippen molar-refractivity contribution in [2.75, 3.05) is 12.3 Å². The average Bonchev–Trinajstić information content (AvgIpc) is 2.84. The van der Waals surface area contributed by atoms with Crippen LogP contribution >= 0.6 is 34.7 Å². The van der Waals surface area contributed by atoms with Crippen LogP contribution in [-0.4, -0.2) is 17.3 Å². The number of halogens is 4. The lowest BCUT2D eigenvalue weighted by Crippen LogP contribution is -2.15. The largest absolute Gasteiger partial charge is 0.417 e. The van der Waals surface area contributed by atoms with Crippen molar-refractivity contribution in [3.05, 3.63) is 45.2 Å². The third kappa shape index (κ3) is 5.50. The second kappa shape index (κ2) is 7.49. The minimum absolute atomic E-state index is 0.587. The molecule has 0 aliphatic carbocycles. The Morgan fingerprint density at radius 3 is 2.62 bits per heavy atom. The van der Waals surface area contributed by atoms with Gasteiger partial charge < -0.3 is 5.32 Å². The molecule has 8 heteroatoms. The van der Waals surface area contributed by atoms with Crippen molar-refractivity contribution in [3.63, 3.8) is 0 Å². The van der Waals surface area contributed by atoms with Crippen molar-refractivity contribution in [2.24, 2.45) is 0 Å². The second-order valence-corrected chi connectivity index (χ2v) is 7.03. The van der Waals surface area contributed by atoms with Crippen LogP contribution in [0.1, 0.15) is 10.4 Å². The Kier molecular flexibility index (Phi) is 5.92. The van der Waals surface area contributed by atoms with Gasteiger partial charge in [0.25, 0.3) is 0 Å². The molecule has 2 nitrogen and oxygen atoms in total. The van der Waals surface area contributed by atoms with E-state index in [9.17, 15) is 13.2 Å². The predicted molar refractivity (Wildman–Crippen MR) is 81.0 cm³/mol. The van der Waals surface area contributed by atoms with E-state index >= 15 is 0 Å². The predicted octanol–water partition coefficient (Wildman–Crippen LogP) is 4.70. The van der Waals surface area contributed by atoms with Gasteiger partial charge in [0.15, 0.2) is 0 Å². The van der Waals surface area contributed by atoms with Crippen LogP contribution in [0.2, 0.25) is 4.34 Å². The molecule has 0 fully saturated rings. The fourth-order valence-electron chi connectivity index (χ4n) is 1.52. The number of aromatic nitrogens is 1. The Balaban J connectivity index is 1.69. The Hall–Kier alpha value is -0.760. The van der Waals surface area contributed by atoms with Gasteiger partial charge in [0, 0.05) is 29.9 Å². The molecule has 21 heavy (non-hydrogen) atoms. The van der Waals surface area contributed by atoms with Crippen LogP contribution in [0.25, 0.3) is 0 Å². The standard InChI is InChI=1S/C13H12ClF3N2S2/c14-11-3-2-10(21-11)8-18-5-6-20-12-4-1-9(7-19-12)13(15,16)17/h1-4,7,18H,5-6,8H2. The fraction of sp³-hybridized carbons (Fsp3) is 0.308. The molecule has 0 amide bonds. The maximum Gasteiger partial charge on any atom is 0.417 e. The lowest BCUT2D eigenvalue weighted by molar-refractivity contribution is -0.137. The summed E-state index contributed by atoms with van der Waals surface area (Å²) in [5, 5.41) is 3.83. The summed E-state index contributed by atoms with van der Waals surface area (Å²) in [7, 11) is 0. The molecule has 114 valence electrons. The maximum absolute atomic E-state index is 12.4. The van der Waals surface area contributed by atoms with E-state index in [4.69, 9.17) is 11.6 Å². The molecule has 2 rings (SSSR count). The number of pyridine rings is 1. The van der Waals surface area contributed by atoms with E-state index in [2.05, 4.69) is 10.3 Å². The van der Waals surface area contributed by atoms with Crippen molar-refractivity contribution in [1.82, 2.24) is 10.3 Å². The highest BCUT2D eigenvalue weighted by Gasteiger charge is 2.30. The number of rotatable bonds is 6. The molecule has 0 bridgehead atoms. The highest BCUT2D eigenvalue weighted by atomic mass is 35.5. The van der Waals surface area contributed by atoms with Crippen LogP contribution in [0.15, 0.2) is 35.5 Å². The van der Waals surface area contributed by atoms with Crippen LogP contribution in [0.4, 0.5) is 13.2 Å². The number of hydrogen-bond acceptors (Lipinski definition) is 4. The number of thiophene rings is 1. The van der Waals surface area contributed by atoms with Crippen molar-refractivity contribution in [3.8, 4) is 0 Å². The van der Waals surface area contributed by atoms with Gasteiger partial charge in [-0.25, -0.2) is 4.98 Å². The number of hydrogen-bond donors (Lipinski definition) is 1. The van der Waals surface area contributed by atoms with Crippen molar-refractivity contribution in [2.45, 2.75) is 17.7 Å². The normalized spacial score (nSPS) is 11.8. The van der Waals surface area contributed by atoms with E-state index in [0.29, 0.717) is 5.03 Å². The summed E-state index contributed by atoms with van der Waals surface area (Å²) in [5.41, 5.74) is -0.723. The summed E-state index contributed by atoms with van der Waals surface area (Å²) in [4.78, 5) is 4.95. The second-order valence-electron chi connectivity index (χ2n) is 4.11. The quantitative estimate of drug-likeness (QED) is 0.602. The zero-order valence-corrected chi connectivity index (χ0v) is 13.2. The van der Waals surface area contributed by atoms with Gasteiger partial charge in [0.05, 0.1) is 14.9 Å². The Morgan fingerprint density at radius 1 is 1.24 bits per heavy atom. The molecule has 1 N–H and O–H groups in total. The molecular weight excluding hydrogens is 341 g/mol. The third-order valence-electron chi connectivity index (χ3n) is 2.52. The zero-order valence-electron chi connectivity index (χ0n) is 10.8. The molecule has 0 atom stereocenters. The summed E-state index contributed by atoms with van der Waals surface area (Å²) in [6.45, 7) is 1.47. The Morgan fingerprint density at radius 2 is 2.05 bits per heavy atom. The average molecular weight is 353 g/mol. The minimum Gasteiger partial charge on any atom is -0.311 e. The first kappa shape index (κ1) is 16.6. The van der Waals surface area contributed by atoms with Crippen LogP contribution < -0.4 is 5.32 Å². The van der Waals surface area contributed by atoms with Crippen LogP contribution in [0, 0.1) is 0 Å². The number of nitrogens with one attached hydrogen (secondary N) is 1. The van der Waals surface area contributed by atoms with Gasteiger partial charge in [-0.3, -0.25) is 0 Å². The summed E-state index contributed by atoms with van der Waals surface area (Å²) in [5.74, 6) is 0.734. The van der Waals surface area contributed by atoms with Crippen molar-refractivity contribution < 1.29 is 13.2 Å². The molecule has 0 spiro atoms. The number of thioether (sulfide) groups is 1. The summed E-state index contributed by atoms with van der Waals surface area (Å²) in [6, 6.07) is 6.26. The highest BCUT2D eigenvalue weighted by Crippen LogP contribution is 2.29. The molecule has 0 saturated carbocycles. The minimum atomic E-state index is -4.33. The maximum atomic E-state index is 12.4. The van der Waals surface area contributed by atoms with E-state index in [1.54, 1.807) is 0 Å². The lowest BCUT2D eigenvalue weighted by atomic mass is 10.3. The molecule has 0 unspecified atom stereocenters. The van der Waals surface area contributed by atoms with Crippen LogP contribution in [0.5, 0.6) is 0 Å². The fourth-order valence-corrected chi connectivity index (χ4v) is 3.32. The third-order valence-corrected chi connectivity index (χ3v) is 4.70. The van der Waals surface area contributed by atoms with Crippen LogP contribution in [0.3, 0.4) is 0 Å². The lowest BCUT2D eigenvalue weighted by Gasteiger charge is -2.07. The first-order valence-corrected chi connectivity index (χ1v) is 8.24. The molecule has 0 aliphatic rings. The monoisotopic (exact) mass is 352 g/mol. The molecule has 2 aromatic heterocycles. The van der Waals surface area contributed by atoms with E-state index in [1.165, 1.54) is 29.2 Å². The summed E-state index contributed by atoms with van der Waals surface area (Å²) < 4.78 is 37.9. The van der Waals surface area contributed by atoms with Gasteiger partial charge in [-0.05, 0) is 24.3 Å². The van der Waals surface area contributed by atoms with Crippen LogP contribution in [-0.2, 0) is 12.7 Å². The van der Waals surface area contributed by atoms with E-state index in [1.807, 2.05) is 12.1 Å². The van der Waals surface area contributed by atoms with Crippen molar-refractivity contribution in [1.29, 1.82) is 0 Å². The first-order valence-electron chi connectivity index (χ1n) is 6.06. The Labute approximate surface area is 133 Å². The van der Waals surface area contributed by atoms with Gasteiger partial charge >= 0.3 is 6.18 Å². The van der Waals surface area contributed by atoms with Gasteiger partial charge in [-0.1, -0.05) is 11.6 Å². The van der Waals surface area contributed by atoms with Gasteiger partial charge in [-0.15, -0.1) is 23.1 Å². The van der Waals surface area contributed by atoms with Crippen molar-refractivity contribution >= 4 is 34.7 Å². The molecular formula is C13H12ClF3N2S2. The first-order chi connectivity index (χ1) is 9.95. The molecule has 2 heterocycles. The van der Waals surface area contributed by atoms with E-state index in [0.717, 1.165) is 40.3 Å².